The number of hydrogen-bond donors (Lipinski definition) is 2. The molecule has 0 saturated heterocycles. The summed E-state index contributed by atoms with van der Waals surface area (Å²) >= 11 is 0. The Balaban J connectivity index is 2.32. The number of anilines is 1. The smallest absolute Gasteiger partial charge is 0.259 e. The molecule has 2 N–H and O–H groups in total. The molecule has 0 atom stereocenters. The number of methoxy groups -OCH3 is 1. The fourth-order valence-corrected chi connectivity index (χ4v) is 1.88. The van der Waals surface area contributed by atoms with E-state index in [9.17, 15) is 4.79 Å². The van der Waals surface area contributed by atoms with Gasteiger partial charge in [-0.05, 0) is 19.1 Å². The van der Waals surface area contributed by atoms with E-state index in [4.69, 9.17) is 9.94 Å². The van der Waals surface area contributed by atoms with E-state index >= 15 is 0 Å². The van der Waals surface area contributed by atoms with Crippen LogP contribution in [0.4, 0.5) is 5.69 Å². The number of carbonyl (C=O) groups is 1. The maximum absolute atomic E-state index is 12.3. The number of pyridine rings is 1. The van der Waals surface area contributed by atoms with Gasteiger partial charge in [-0.15, -0.1) is 0 Å². The van der Waals surface area contributed by atoms with Gasteiger partial charge in [0.1, 0.15) is 5.75 Å². The minimum atomic E-state index is -0.326. The molecule has 108 valence electrons. The molecule has 6 nitrogen and oxygen atoms in total. The molecule has 2 rings (SSSR count). The van der Waals surface area contributed by atoms with Crippen molar-refractivity contribution < 1.29 is 14.7 Å². The highest BCUT2D eigenvalue weighted by Crippen LogP contribution is 2.20. The SMILES string of the molecule is COc1cnccc1C(=O)Nc1ccccc1/C(C)=N/O. The van der Waals surface area contributed by atoms with E-state index in [1.54, 1.807) is 37.3 Å². The van der Waals surface area contributed by atoms with Crippen molar-refractivity contribution in [3.63, 3.8) is 0 Å². The number of hydrogen-bond acceptors (Lipinski definition) is 5. The van der Waals surface area contributed by atoms with Gasteiger partial charge in [0.15, 0.2) is 0 Å². The summed E-state index contributed by atoms with van der Waals surface area (Å²) < 4.78 is 5.12. The number of ether oxygens (including phenoxy) is 1. The number of benzene rings is 1. The molecule has 1 aromatic carbocycles. The van der Waals surface area contributed by atoms with Crippen molar-refractivity contribution in [2.24, 2.45) is 5.16 Å². The van der Waals surface area contributed by atoms with Crippen LogP contribution in [0.15, 0.2) is 47.9 Å². The second kappa shape index (κ2) is 6.51. The van der Waals surface area contributed by atoms with Gasteiger partial charge in [-0.1, -0.05) is 23.4 Å². The zero-order chi connectivity index (χ0) is 15.2. The van der Waals surface area contributed by atoms with Crippen LogP contribution in [-0.2, 0) is 0 Å². The van der Waals surface area contributed by atoms with Gasteiger partial charge in [-0.3, -0.25) is 9.78 Å². The third kappa shape index (κ3) is 3.17. The van der Waals surface area contributed by atoms with E-state index in [2.05, 4.69) is 15.5 Å². The van der Waals surface area contributed by atoms with Crippen molar-refractivity contribution in [3.8, 4) is 5.75 Å². The van der Waals surface area contributed by atoms with Crippen LogP contribution >= 0.6 is 0 Å². The summed E-state index contributed by atoms with van der Waals surface area (Å²) in [6.07, 6.45) is 2.99. The predicted molar refractivity (Wildman–Crippen MR) is 79.2 cm³/mol. The average molecular weight is 285 g/mol. The van der Waals surface area contributed by atoms with Gasteiger partial charge < -0.3 is 15.3 Å². The second-order valence-electron chi connectivity index (χ2n) is 4.26. The van der Waals surface area contributed by atoms with Crippen molar-refractivity contribution in [2.75, 3.05) is 12.4 Å². The lowest BCUT2D eigenvalue weighted by atomic mass is 10.1. The van der Waals surface area contributed by atoms with Crippen molar-refractivity contribution >= 4 is 17.3 Å². The van der Waals surface area contributed by atoms with Crippen LogP contribution in [0.5, 0.6) is 5.75 Å². The van der Waals surface area contributed by atoms with Gasteiger partial charge in [0.05, 0.1) is 30.3 Å². The standard InChI is InChI=1S/C15H15N3O3/c1-10(18-20)11-5-3-4-6-13(11)17-15(19)12-7-8-16-9-14(12)21-2/h3-9,20H,1-2H3,(H,17,19)/b18-10+. The number of nitrogens with one attached hydrogen (secondary N) is 1. The molecule has 2 aromatic rings. The zero-order valence-electron chi connectivity index (χ0n) is 11.7. The van der Waals surface area contributed by atoms with Crippen LogP contribution in [0.25, 0.3) is 0 Å². The Morgan fingerprint density at radius 2 is 2.05 bits per heavy atom. The fourth-order valence-electron chi connectivity index (χ4n) is 1.88. The molecule has 21 heavy (non-hydrogen) atoms. The van der Waals surface area contributed by atoms with Gasteiger partial charge in [0, 0.05) is 11.8 Å². The zero-order valence-corrected chi connectivity index (χ0v) is 11.7. The first-order chi connectivity index (χ1) is 10.2. The Morgan fingerprint density at radius 3 is 2.76 bits per heavy atom. The van der Waals surface area contributed by atoms with Crippen LogP contribution in [0.1, 0.15) is 22.8 Å². The van der Waals surface area contributed by atoms with Gasteiger partial charge >= 0.3 is 0 Å². The molecule has 6 heteroatoms. The molecule has 0 spiro atoms. The maximum Gasteiger partial charge on any atom is 0.259 e. The summed E-state index contributed by atoms with van der Waals surface area (Å²) in [7, 11) is 1.48. The average Bonchev–Trinajstić information content (AvgIpc) is 2.54. The van der Waals surface area contributed by atoms with Gasteiger partial charge in [0.2, 0.25) is 0 Å². The summed E-state index contributed by atoms with van der Waals surface area (Å²) in [4.78, 5) is 16.2. The molecular formula is C15H15N3O3. The molecule has 0 unspecified atom stereocenters. The van der Waals surface area contributed by atoms with Crippen LogP contribution in [-0.4, -0.2) is 28.9 Å². The monoisotopic (exact) mass is 285 g/mol. The molecule has 0 aliphatic heterocycles. The molecule has 0 aliphatic carbocycles. The summed E-state index contributed by atoms with van der Waals surface area (Å²) in [6, 6.07) is 8.65. The fraction of sp³-hybridized carbons (Fsp3) is 0.133. The van der Waals surface area contributed by atoms with Gasteiger partial charge in [0.25, 0.3) is 5.91 Å². The first-order valence-corrected chi connectivity index (χ1v) is 6.24. The van der Waals surface area contributed by atoms with Crippen LogP contribution < -0.4 is 10.1 Å². The molecule has 0 saturated carbocycles. The van der Waals surface area contributed by atoms with Crippen molar-refractivity contribution in [3.05, 3.63) is 53.9 Å². The van der Waals surface area contributed by atoms with Crippen molar-refractivity contribution in [2.45, 2.75) is 6.92 Å². The highest BCUT2D eigenvalue weighted by atomic mass is 16.5. The largest absolute Gasteiger partial charge is 0.494 e. The molecule has 1 aromatic heterocycles. The molecule has 1 heterocycles. The highest BCUT2D eigenvalue weighted by Gasteiger charge is 2.14. The highest BCUT2D eigenvalue weighted by molar-refractivity contribution is 6.11. The number of para-hydroxylation sites is 1. The van der Waals surface area contributed by atoms with Gasteiger partial charge in [-0.2, -0.15) is 0 Å². The van der Waals surface area contributed by atoms with E-state index < -0.39 is 0 Å². The number of aromatic nitrogens is 1. The minimum absolute atomic E-state index is 0.326. The van der Waals surface area contributed by atoms with Crippen molar-refractivity contribution in [1.29, 1.82) is 0 Å². The molecule has 0 radical (unpaired) electrons. The summed E-state index contributed by atoms with van der Waals surface area (Å²) in [5, 5.41) is 14.8. The number of amides is 1. The van der Waals surface area contributed by atoms with Crippen LogP contribution in [0.2, 0.25) is 0 Å². The van der Waals surface area contributed by atoms with Gasteiger partial charge in [-0.25, -0.2) is 0 Å². The maximum atomic E-state index is 12.3. The molecule has 0 aliphatic rings. The normalized spacial score (nSPS) is 11.0. The number of nitrogens with zero attached hydrogens (tertiary/aromatic N) is 2. The third-order valence-corrected chi connectivity index (χ3v) is 2.96. The molecule has 0 fully saturated rings. The Morgan fingerprint density at radius 1 is 1.29 bits per heavy atom. The minimum Gasteiger partial charge on any atom is -0.494 e. The Hall–Kier alpha value is -2.89. The summed E-state index contributed by atoms with van der Waals surface area (Å²) in [5.41, 5.74) is 1.98. The number of carbonyl (C=O) groups excluding carboxylic acids is 1. The topological polar surface area (TPSA) is 83.8 Å². The first-order valence-electron chi connectivity index (χ1n) is 6.24. The van der Waals surface area contributed by atoms with Crippen LogP contribution in [0.3, 0.4) is 0 Å². The van der Waals surface area contributed by atoms with E-state index in [0.29, 0.717) is 28.3 Å². The Labute approximate surface area is 122 Å². The number of oxime groups is 1. The van der Waals surface area contributed by atoms with E-state index in [-0.39, 0.29) is 5.91 Å². The lowest BCUT2D eigenvalue weighted by molar-refractivity contribution is 0.102. The predicted octanol–water partition coefficient (Wildman–Crippen LogP) is 2.54. The molecular weight excluding hydrogens is 270 g/mol. The lowest BCUT2D eigenvalue weighted by Gasteiger charge is -2.11. The summed E-state index contributed by atoms with van der Waals surface area (Å²) in [6.45, 7) is 1.65. The quantitative estimate of drug-likeness (QED) is 0.513. The van der Waals surface area contributed by atoms with E-state index in [1.165, 1.54) is 19.5 Å². The first kappa shape index (κ1) is 14.5. The van der Waals surface area contributed by atoms with Crippen LogP contribution in [0, 0.1) is 0 Å². The third-order valence-electron chi connectivity index (χ3n) is 2.96. The lowest BCUT2D eigenvalue weighted by Crippen LogP contribution is -2.15. The number of rotatable bonds is 4. The second-order valence-corrected chi connectivity index (χ2v) is 4.26. The summed E-state index contributed by atoms with van der Waals surface area (Å²) in [5.74, 6) is 0.0625. The molecule has 1 amide bonds. The van der Waals surface area contributed by atoms with E-state index in [0.717, 1.165) is 0 Å². The Kier molecular flexibility index (Phi) is 4.50. The Bertz CT molecular complexity index is 683. The molecule has 0 bridgehead atoms. The van der Waals surface area contributed by atoms with Crippen molar-refractivity contribution in [1.82, 2.24) is 4.98 Å². The van der Waals surface area contributed by atoms with E-state index in [1.807, 2.05) is 0 Å².